The lowest BCUT2D eigenvalue weighted by atomic mass is 9.95. The van der Waals surface area contributed by atoms with Gasteiger partial charge in [-0.15, -0.1) is 0 Å². The zero-order valence-corrected chi connectivity index (χ0v) is 8.74. The third-order valence-corrected chi connectivity index (χ3v) is 3.24. The van der Waals surface area contributed by atoms with Crippen LogP contribution in [0.3, 0.4) is 0 Å². The van der Waals surface area contributed by atoms with Crippen molar-refractivity contribution in [3.05, 3.63) is 17.5 Å². The second kappa shape index (κ2) is 4.13. The zero-order valence-electron chi connectivity index (χ0n) is 8.74. The van der Waals surface area contributed by atoms with Gasteiger partial charge in [-0.25, -0.2) is 0 Å². The van der Waals surface area contributed by atoms with Gasteiger partial charge in [0.1, 0.15) is 0 Å². The minimum absolute atomic E-state index is 0.110. The van der Waals surface area contributed by atoms with Gasteiger partial charge in [0.15, 0.2) is 0 Å². The number of hydrogen-bond donors (Lipinski definition) is 1. The quantitative estimate of drug-likeness (QED) is 0.783. The predicted octanol–water partition coefficient (Wildman–Crippen LogP) is 2.19. The van der Waals surface area contributed by atoms with Gasteiger partial charge in [-0.05, 0) is 19.8 Å². The van der Waals surface area contributed by atoms with E-state index in [2.05, 4.69) is 9.78 Å². The van der Waals surface area contributed by atoms with Crippen LogP contribution in [0.1, 0.15) is 49.4 Å². The fraction of sp³-hybridized carbons (Fsp3) is 0.727. The van der Waals surface area contributed by atoms with Crippen LogP contribution in [0, 0.1) is 6.92 Å². The van der Waals surface area contributed by atoms with Gasteiger partial charge < -0.3 is 5.11 Å². The Bertz CT molecular complexity index is 300. The maximum Gasteiger partial charge on any atom is 0.0715 e. The van der Waals surface area contributed by atoms with Crippen molar-refractivity contribution in [3.8, 4) is 0 Å². The Morgan fingerprint density at radius 1 is 1.43 bits per heavy atom. The first kappa shape index (κ1) is 9.71. The predicted molar refractivity (Wildman–Crippen MR) is 55.0 cm³/mol. The summed E-state index contributed by atoms with van der Waals surface area (Å²) in [6.45, 7) is 2.16. The lowest BCUT2D eigenvalue weighted by molar-refractivity contribution is 0.279. The van der Waals surface area contributed by atoms with Crippen LogP contribution in [0.5, 0.6) is 0 Å². The molecule has 1 N–H and O–H groups in total. The highest BCUT2D eigenvalue weighted by atomic mass is 16.3. The number of aliphatic hydroxyl groups is 1. The Morgan fingerprint density at radius 2 is 2.14 bits per heavy atom. The molecule has 0 saturated heterocycles. The molecule has 0 unspecified atom stereocenters. The van der Waals surface area contributed by atoms with E-state index in [0.717, 1.165) is 11.3 Å². The summed E-state index contributed by atoms with van der Waals surface area (Å²) in [4.78, 5) is 0. The molecule has 0 aliphatic heterocycles. The largest absolute Gasteiger partial charge is 0.392 e. The minimum Gasteiger partial charge on any atom is -0.392 e. The Balaban J connectivity index is 2.18. The molecule has 1 fully saturated rings. The summed E-state index contributed by atoms with van der Waals surface area (Å²) in [6, 6.07) is 0.573. The van der Waals surface area contributed by atoms with E-state index in [-0.39, 0.29) is 6.61 Å². The molecule has 0 spiro atoms. The van der Waals surface area contributed by atoms with Gasteiger partial charge in [0, 0.05) is 11.3 Å². The molecule has 78 valence electrons. The molecule has 3 heteroatoms. The smallest absolute Gasteiger partial charge is 0.0715 e. The lowest BCUT2D eigenvalue weighted by Gasteiger charge is -2.23. The van der Waals surface area contributed by atoms with Crippen LogP contribution in [0.15, 0.2) is 6.20 Å². The van der Waals surface area contributed by atoms with E-state index in [4.69, 9.17) is 5.11 Å². The van der Waals surface area contributed by atoms with Crippen molar-refractivity contribution in [2.45, 2.75) is 51.7 Å². The Kier molecular flexibility index (Phi) is 2.87. The molecule has 0 aromatic carbocycles. The van der Waals surface area contributed by atoms with Crippen molar-refractivity contribution in [1.29, 1.82) is 0 Å². The lowest BCUT2D eigenvalue weighted by Crippen LogP contribution is -2.15. The molecule has 3 nitrogen and oxygen atoms in total. The molecule has 1 saturated carbocycles. The fourth-order valence-corrected chi connectivity index (χ4v) is 2.31. The summed E-state index contributed by atoms with van der Waals surface area (Å²) in [5.41, 5.74) is 2.11. The molecule has 1 heterocycles. The second-order valence-electron chi connectivity index (χ2n) is 4.15. The molecule has 0 atom stereocenters. The Hall–Kier alpha value is -0.830. The minimum atomic E-state index is 0.110. The van der Waals surface area contributed by atoms with Gasteiger partial charge in [-0.3, -0.25) is 4.68 Å². The normalized spacial score (nSPS) is 18.7. The number of aromatic nitrogens is 2. The summed E-state index contributed by atoms with van der Waals surface area (Å²) in [5.74, 6) is 0. The molecule has 0 amide bonds. The van der Waals surface area contributed by atoms with E-state index in [9.17, 15) is 0 Å². The molecular formula is C11H18N2O. The molecular weight excluding hydrogens is 176 g/mol. The summed E-state index contributed by atoms with van der Waals surface area (Å²) < 4.78 is 2.10. The third kappa shape index (κ3) is 1.69. The van der Waals surface area contributed by atoms with Crippen LogP contribution in [-0.2, 0) is 6.61 Å². The maximum absolute atomic E-state index is 9.08. The van der Waals surface area contributed by atoms with Gasteiger partial charge >= 0.3 is 0 Å². The van der Waals surface area contributed by atoms with E-state index in [1.54, 1.807) is 6.20 Å². The van der Waals surface area contributed by atoms with E-state index in [1.165, 1.54) is 32.1 Å². The van der Waals surface area contributed by atoms with Crippen LogP contribution in [0.25, 0.3) is 0 Å². The van der Waals surface area contributed by atoms with Crippen molar-refractivity contribution in [1.82, 2.24) is 9.78 Å². The van der Waals surface area contributed by atoms with Crippen molar-refractivity contribution >= 4 is 0 Å². The van der Waals surface area contributed by atoms with Gasteiger partial charge in [0.25, 0.3) is 0 Å². The topological polar surface area (TPSA) is 38.1 Å². The second-order valence-corrected chi connectivity index (χ2v) is 4.15. The van der Waals surface area contributed by atoms with Crippen LogP contribution in [0.4, 0.5) is 0 Å². The zero-order chi connectivity index (χ0) is 9.97. The van der Waals surface area contributed by atoms with Crippen LogP contribution in [-0.4, -0.2) is 14.9 Å². The van der Waals surface area contributed by atoms with E-state index in [0.29, 0.717) is 6.04 Å². The van der Waals surface area contributed by atoms with E-state index < -0.39 is 0 Å². The number of hydrogen-bond acceptors (Lipinski definition) is 2. The van der Waals surface area contributed by atoms with Gasteiger partial charge in [0.05, 0.1) is 18.8 Å². The molecule has 1 aliphatic rings. The Morgan fingerprint density at radius 3 is 2.71 bits per heavy atom. The number of rotatable bonds is 2. The number of aliphatic hydroxyl groups excluding tert-OH is 1. The van der Waals surface area contributed by atoms with Crippen LogP contribution in [0.2, 0.25) is 0 Å². The summed E-state index contributed by atoms with van der Waals surface area (Å²) >= 11 is 0. The fourth-order valence-electron chi connectivity index (χ4n) is 2.31. The first-order chi connectivity index (χ1) is 6.83. The molecule has 0 bridgehead atoms. The Labute approximate surface area is 84.7 Å². The highest BCUT2D eigenvalue weighted by Gasteiger charge is 2.18. The monoisotopic (exact) mass is 194 g/mol. The summed E-state index contributed by atoms with van der Waals surface area (Å²) in [7, 11) is 0. The van der Waals surface area contributed by atoms with E-state index in [1.807, 2.05) is 6.92 Å². The molecule has 1 aromatic rings. The van der Waals surface area contributed by atoms with Crippen molar-refractivity contribution in [2.24, 2.45) is 0 Å². The van der Waals surface area contributed by atoms with Crippen molar-refractivity contribution in [2.75, 3.05) is 0 Å². The molecule has 0 radical (unpaired) electrons. The first-order valence-electron chi connectivity index (χ1n) is 5.46. The summed E-state index contributed by atoms with van der Waals surface area (Å²) in [6.07, 6.45) is 8.28. The van der Waals surface area contributed by atoms with Crippen LogP contribution < -0.4 is 0 Å². The number of nitrogens with zero attached hydrogens (tertiary/aromatic N) is 2. The average molecular weight is 194 g/mol. The SMILES string of the molecule is Cc1c(CO)cnn1C1CCCCC1. The molecule has 2 rings (SSSR count). The van der Waals surface area contributed by atoms with Gasteiger partial charge in [-0.1, -0.05) is 19.3 Å². The van der Waals surface area contributed by atoms with Crippen LogP contribution >= 0.6 is 0 Å². The van der Waals surface area contributed by atoms with E-state index >= 15 is 0 Å². The average Bonchev–Trinajstić information content (AvgIpc) is 2.61. The molecule has 1 aromatic heterocycles. The third-order valence-electron chi connectivity index (χ3n) is 3.24. The first-order valence-corrected chi connectivity index (χ1v) is 5.46. The maximum atomic E-state index is 9.08. The van der Waals surface area contributed by atoms with Crippen molar-refractivity contribution < 1.29 is 5.11 Å². The molecule has 1 aliphatic carbocycles. The highest BCUT2D eigenvalue weighted by Crippen LogP contribution is 2.29. The van der Waals surface area contributed by atoms with Crippen molar-refractivity contribution in [3.63, 3.8) is 0 Å². The highest BCUT2D eigenvalue weighted by molar-refractivity contribution is 5.15. The standard InChI is InChI=1S/C11H18N2O/c1-9-10(8-14)7-12-13(9)11-5-3-2-4-6-11/h7,11,14H,2-6,8H2,1H3. The molecule has 14 heavy (non-hydrogen) atoms. The van der Waals surface area contributed by atoms with Gasteiger partial charge in [0.2, 0.25) is 0 Å². The van der Waals surface area contributed by atoms with Gasteiger partial charge in [-0.2, -0.15) is 5.10 Å². The summed E-state index contributed by atoms with van der Waals surface area (Å²) in [5, 5.41) is 13.4.